The van der Waals surface area contributed by atoms with Crippen LogP contribution in [0, 0.1) is 0 Å². The number of thioether (sulfide) groups is 1. The van der Waals surface area contributed by atoms with Crippen molar-refractivity contribution in [2.45, 2.75) is 24.7 Å². The predicted molar refractivity (Wildman–Crippen MR) is 112 cm³/mol. The highest BCUT2D eigenvalue weighted by Crippen LogP contribution is 2.26. The van der Waals surface area contributed by atoms with Gasteiger partial charge in [-0.15, -0.1) is 10.2 Å². The fourth-order valence-electron chi connectivity index (χ4n) is 3.16. The zero-order valence-electron chi connectivity index (χ0n) is 16.5. The molecule has 0 saturated carbocycles. The van der Waals surface area contributed by atoms with E-state index in [0.29, 0.717) is 22.3 Å². The number of methoxy groups -OCH3 is 1. The summed E-state index contributed by atoms with van der Waals surface area (Å²) in [6.45, 7) is 1.80. The summed E-state index contributed by atoms with van der Waals surface area (Å²) >= 11 is 1.29. The molecule has 0 spiro atoms. The zero-order valence-corrected chi connectivity index (χ0v) is 17.3. The lowest BCUT2D eigenvalue weighted by Gasteiger charge is -2.33. The van der Waals surface area contributed by atoms with E-state index in [0.717, 1.165) is 5.75 Å². The van der Waals surface area contributed by atoms with E-state index in [1.165, 1.54) is 16.8 Å². The van der Waals surface area contributed by atoms with Crippen LogP contribution in [-0.4, -0.2) is 45.5 Å². The molecule has 2 heterocycles. The molecule has 9 heteroatoms. The predicted octanol–water partition coefficient (Wildman–Crippen LogP) is 2.71. The number of fused-ring (bicyclic) bond motifs is 1. The molecule has 30 heavy (non-hydrogen) atoms. The molecular formula is C21H20N4O4S. The lowest BCUT2D eigenvalue weighted by molar-refractivity contribution is -0.118. The van der Waals surface area contributed by atoms with Gasteiger partial charge < -0.3 is 9.47 Å². The lowest BCUT2D eigenvalue weighted by atomic mass is 10.1. The van der Waals surface area contributed by atoms with Gasteiger partial charge in [-0.1, -0.05) is 42.1 Å². The summed E-state index contributed by atoms with van der Waals surface area (Å²) in [5.41, 5.74) is 0.543. The number of carbonyl (C=O) groups excluding carboxylic acids is 2. The van der Waals surface area contributed by atoms with Crippen LogP contribution in [0.3, 0.4) is 0 Å². The second-order valence-electron chi connectivity index (χ2n) is 6.61. The second kappa shape index (κ2) is 8.58. The van der Waals surface area contributed by atoms with Gasteiger partial charge in [0.25, 0.3) is 5.91 Å². The topological polar surface area (TPSA) is 86.6 Å². The van der Waals surface area contributed by atoms with Crippen LogP contribution in [0.25, 0.3) is 0 Å². The van der Waals surface area contributed by atoms with E-state index < -0.39 is 6.04 Å². The number of carbonyl (C=O) groups is 2. The second-order valence-corrected chi connectivity index (χ2v) is 7.55. The maximum Gasteiger partial charge on any atom is 0.252 e. The van der Waals surface area contributed by atoms with Crippen molar-refractivity contribution in [3.8, 4) is 11.5 Å². The molecule has 0 saturated heterocycles. The summed E-state index contributed by atoms with van der Waals surface area (Å²) < 4.78 is 12.5. The van der Waals surface area contributed by atoms with Gasteiger partial charge in [0.05, 0.1) is 12.9 Å². The Bertz CT molecular complexity index is 1050. The molecule has 0 bridgehead atoms. The highest BCUT2D eigenvalue weighted by molar-refractivity contribution is 7.99. The molecule has 0 N–H and O–H groups in total. The van der Waals surface area contributed by atoms with E-state index in [2.05, 4.69) is 10.2 Å². The molecule has 4 rings (SSSR count). The number of ether oxygens (including phenoxy) is 2. The van der Waals surface area contributed by atoms with Gasteiger partial charge in [0.2, 0.25) is 5.16 Å². The van der Waals surface area contributed by atoms with Crippen LogP contribution in [0.1, 0.15) is 23.1 Å². The average Bonchev–Trinajstić information content (AvgIpc) is 3.20. The van der Waals surface area contributed by atoms with Crippen LogP contribution in [0.15, 0.2) is 59.8 Å². The molecule has 1 atom stereocenters. The lowest BCUT2D eigenvalue weighted by Crippen LogP contribution is -2.54. The highest BCUT2D eigenvalue weighted by atomic mass is 32.2. The molecule has 8 nitrogen and oxygen atoms in total. The zero-order chi connectivity index (χ0) is 21.1. The Hall–Kier alpha value is -3.33. The molecule has 0 fully saturated rings. The molecule has 1 aromatic heterocycles. The minimum Gasteiger partial charge on any atom is -0.497 e. The first-order chi connectivity index (χ1) is 14.6. The summed E-state index contributed by atoms with van der Waals surface area (Å²) in [7, 11) is 1.60. The third kappa shape index (κ3) is 3.88. The Morgan fingerprint density at radius 2 is 1.80 bits per heavy atom. The average molecular weight is 424 g/mol. The molecular weight excluding hydrogens is 404 g/mol. The Labute approximate surface area is 177 Å². The third-order valence-corrected chi connectivity index (χ3v) is 5.61. The van der Waals surface area contributed by atoms with Crippen LogP contribution in [0.4, 0.5) is 0 Å². The van der Waals surface area contributed by atoms with Crippen molar-refractivity contribution >= 4 is 23.5 Å². The monoisotopic (exact) mass is 424 g/mol. The van der Waals surface area contributed by atoms with Gasteiger partial charge in [0.1, 0.15) is 24.1 Å². The first-order valence-corrected chi connectivity index (χ1v) is 10.3. The highest BCUT2D eigenvalue weighted by Gasteiger charge is 2.35. The van der Waals surface area contributed by atoms with Gasteiger partial charge in [-0.05, 0) is 31.2 Å². The molecule has 1 aliphatic heterocycles. The van der Waals surface area contributed by atoms with Crippen molar-refractivity contribution in [3.05, 3.63) is 66.0 Å². The van der Waals surface area contributed by atoms with Crippen molar-refractivity contribution < 1.29 is 19.1 Å². The van der Waals surface area contributed by atoms with Gasteiger partial charge in [0.15, 0.2) is 11.6 Å². The molecule has 2 aromatic carbocycles. The largest absolute Gasteiger partial charge is 0.497 e. The van der Waals surface area contributed by atoms with Gasteiger partial charge >= 0.3 is 0 Å². The van der Waals surface area contributed by atoms with Crippen molar-refractivity contribution in [1.82, 2.24) is 14.9 Å². The first-order valence-electron chi connectivity index (χ1n) is 9.34. The number of hydrogen-bond acceptors (Lipinski definition) is 7. The van der Waals surface area contributed by atoms with E-state index in [9.17, 15) is 9.59 Å². The number of benzene rings is 2. The van der Waals surface area contributed by atoms with Gasteiger partial charge in [-0.3, -0.25) is 9.59 Å². The van der Waals surface area contributed by atoms with Crippen LogP contribution >= 0.6 is 11.8 Å². The summed E-state index contributed by atoms with van der Waals surface area (Å²) in [6, 6.07) is 15.4. The van der Waals surface area contributed by atoms with E-state index in [4.69, 9.17) is 9.47 Å². The summed E-state index contributed by atoms with van der Waals surface area (Å²) in [5.74, 6) is 1.65. The number of aromatic nitrogens is 3. The maximum atomic E-state index is 13.0. The van der Waals surface area contributed by atoms with Crippen molar-refractivity contribution in [2.24, 2.45) is 0 Å². The van der Waals surface area contributed by atoms with E-state index in [-0.39, 0.29) is 24.1 Å². The van der Waals surface area contributed by atoms with E-state index in [1.54, 1.807) is 67.2 Å². The van der Waals surface area contributed by atoms with Gasteiger partial charge in [-0.25, -0.2) is 9.69 Å². The van der Waals surface area contributed by atoms with E-state index >= 15 is 0 Å². The SMILES string of the molecule is COc1ccc(OCc2nnc3n2N(C(C)C(=O)c2ccccc2)C(=O)CS3)cc1. The van der Waals surface area contributed by atoms with Crippen molar-refractivity contribution in [2.75, 3.05) is 17.9 Å². The standard InChI is InChI=1S/C21H20N4O4S/c1-14(20(27)15-6-4-3-5-7-15)24-19(26)13-30-21-23-22-18(25(21)24)12-29-17-10-8-16(28-2)9-11-17/h3-11,14H,12-13H2,1-2H3. The smallest absolute Gasteiger partial charge is 0.252 e. The number of Topliss-reactive ketones (excluding diaryl/α,β-unsaturated/α-hetero) is 1. The minimum atomic E-state index is -0.713. The molecule has 154 valence electrons. The van der Waals surface area contributed by atoms with Crippen molar-refractivity contribution in [1.29, 1.82) is 0 Å². The summed E-state index contributed by atoms with van der Waals surface area (Å²) in [6.07, 6.45) is 0. The Morgan fingerprint density at radius 1 is 1.10 bits per heavy atom. The fourth-order valence-corrected chi connectivity index (χ4v) is 3.96. The fraction of sp³-hybridized carbons (Fsp3) is 0.238. The minimum absolute atomic E-state index is 0.0932. The van der Waals surface area contributed by atoms with Crippen molar-refractivity contribution in [3.63, 3.8) is 0 Å². The van der Waals surface area contributed by atoms with Crippen LogP contribution < -0.4 is 14.5 Å². The van der Waals surface area contributed by atoms with Gasteiger partial charge in [-0.2, -0.15) is 0 Å². The van der Waals surface area contributed by atoms with Gasteiger partial charge in [0, 0.05) is 5.56 Å². The number of hydrogen-bond donors (Lipinski definition) is 0. The Balaban J connectivity index is 1.58. The molecule has 1 unspecified atom stereocenters. The molecule has 1 amide bonds. The third-order valence-electron chi connectivity index (χ3n) is 4.70. The number of ketones is 1. The van der Waals surface area contributed by atoms with Crippen LogP contribution in [0.5, 0.6) is 11.5 Å². The maximum absolute atomic E-state index is 13.0. The Morgan fingerprint density at radius 3 is 2.50 bits per heavy atom. The number of amides is 1. The molecule has 1 aliphatic rings. The number of rotatable bonds is 7. The van der Waals surface area contributed by atoms with Crippen LogP contribution in [0.2, 0.25) is 0 Å². The summed E-state index contributed by atoms with van der Waals surface area (Å²) in [4.78, 5) is 25.7. The molecule has 0 aliphatic carbocycles. The summed E-state index contributed by atoms with van der Waals surface area (Å²) in [5, 5.41) is 10.3. The van der Waals surface area contributed by atoms with E-state index in [1.807, 2.05) is 6.07 Å². The molecule has 3 aromatic rings. The van der Waals surface area contributed by atoms with Crippen LogP contribution in [-0.2, 0) is 11.4 Å². The first kappa shape index (κ1) is 20.0. The Kier molecular flexibility index (Phi) is 5.71. The molecule has 0 radical (unpaired) electrons. The normalized spacial score (nSPS) is 14.2. The quantitative estimate of drug-likeness (QED) is 0.539. The number of nitrogens with zero attached hydrogens (tertiary/aromatic N) is 4.